The van der Waals surface area contributed by atoms with Gasteiger partial charge in [-0.3, -0.25) is 4.79 Å². The average molecular weight is 366 g/mol. The Hall–Kier alpha value is -3.08. The molecule has 142 valence electrons. The molecule has 0 saturated heterocycles. The van der Waals surface area contributed by atoms with Crippen molar-refractivity contribution in [2.45, 2.75) is 26.3 Å². The number of hydrogen-bond donors (Lipinski definition) is 2. The van der Waals surface area contributed by atoms with E-state index in [0.29, 0.717) is 23.2 Å². The van der Waals surface area contributed by atoms with Crippen molar-refractivity contribution in [1.29, 1.82) is 0 Å². The molecule has 2 rings (SSSR count). The summed E-state index contributed by atoms with van der Waals surface area (Å²) in [7, 11) is 1.32. The number of rotatable bonds is 7. The molecule has 2 aromatic carbocycles. The predicted octanol–water partition coefficient (Wildman–Crippen LogP) is 3.76. The van der Waals surface area contributed by atoms with E-state index in [4.69, 9.17) is 10.5 Å². The maximum absolute atomic E-state index is 12.8. The molecule has 0 radical (unpaired) electrons. The summed E-state index contributed by atoms with van der Waals surface area (Å²) < 4.78 is 4.82. The average Bonchev–Trinajstić information content (AvgIpc) is 2.65. The fourth-order valence-electron chi connectivity index (χ4n) is 2.74. The van der Waals surface area contributed by atoms with Gasteiger partial charge in [-0.1, -0.05) is 56.3 Å². The third-order valence-electron chi connectivity index (χ3n) is 4.07. The van der Waals surface area contributed by atoms with Crippen LogP contribution in [-0.4, -0.2) is 25.0 Å². The number of nitrogens with two attached hydrogens (primary N) is 1. The summed E-state index contributed by atoms with van der Waals surface area (Å²) in [6.07, 6.45) is 4.26. The van der Waals surface area contributed by atoms with Crippen LogP contribution in [0.15, 0.2) is 48.5 Å². The number of ether oxygens (including phenoxy) is 1. The second-order valence-corrected chi connectivity index (χ2v) is 6.77. The number of carbonyl (C=O) groups excluding carboxylic acids is 2. The zero-order valence-electron chi connectivity index (χ0n) is 15.9. The lowest BCUT2D eigenvalue weighted by molar-refractivity contribution is -0.143. The molecule has 1 amide bonds. The molecule has 0 heterocycles. The van der Waals surface area contributed by atoms with Crippen LogP contribution >= 0.6 is 0 Å². The Morgan fingerprint density at radius 1 is 1.11 bits per heavy atom. The molecule has 0 aliphatic carbocycles. The Bertz CT molecular complexity index is 814. The number of amides is 1. The molecule has 2 aromatic rings. The highest BCUT2D eigenvalue weighted by molar-refractivity contribution is 6.01. The van der Waals surface area contributed by atoms with Gasteiger partial charge in [-0.25, -0.2) is 4.79 Å². The predicted molar refractivity (Wildman–Crippen MR) is 109 cm³/mol. The Morgan fingerprint density at radius 2 is 1.81 bits per heavy atom. The van der Waals surface area contributed by atoms with E-state index in [1.54, 1.807) is 18.2 Å². The van der Waals surface area contributed by atoms with Gasteiger partial charge in [-0.05, 0) is 41.7 Å². The van der Waals surface area contributed by atoms with Crippen molar-refractivity contribution in [2.75, 3.05) is 12.8 Å². The summed E-state index contributed by atoms with van der Waals surface area (Å²) in [5.74, 6) is -0.550. The third kappa shape index (κ3) is 5.99. The highest BCUT2D eigenvalue weighted by Crippen LogP contribution is 2.18. The Balaban J connectivity index is 2.27. The van der Waals surface area contributed by atoms with Gasteiger partial charge in [0.1, 0.15) is 6.04 Å². The van der Waals surface area contributed by atoms with Crippen molar-refractivity contribution in [3.8, 4) is 0 Å². The van der Waals surface area contributed by atoms with Crippen LogP contribution in [0.25, 0.3) is 12.2 Å². The zero-order valence-corrected chi connectivity index (χ0v) is 15.9. The molecule has 27 heavy (non-hydrogen) atoms. The quantitative estimate of drug-likeness (QED) is 0.444. The van der Waals surface area contributed by atoms with Crippen LogP contribution in [-0.2, 0) is 9.53 Å². The summed E-state index contributed by atoms with van der Waals surface area (Å²) in [6, 6.07) is 14.2. The first-order valence-corrected chi connectivity index (χ1v) is 8.92. The fraction of sp³-hybridized carbons (Fsp3) is 0.273. The van der Waals surface area contributed by atoms with Gasteiger partial charge in [0.25, 0.3) is 5.91 Å². The number of methoxy groups -OCH3 is 1. The Morgan fingerprint density at radius 3 is 2.44 bits per heavy atom. The molecular weight excluding hydrogens is 340 g/mol. The van der Waals surface area contributed by atoms with Crippen molar-refractivity contribution in [1.82, 2.24) is 5.32 Å². The van der Waals surface area contributed by atoms with Crippen molar-refractivity contribution in [3.63, 3.8) is 0 Å². The molecule has 0 spiro atoms. The molecule has 0 aliphatic heterocycles. The normalized spacial score (nSPS) is 12.1. The maximum atomic E-state index is 12.8. The third-order valence-corrected chi connectivity index (χ3v) is 4.07. The molecule has 0 bridgehead atoms. The molecule has 0 aromatic heterocycles. The van der Waals surface area contributed by atoms with E-state index in [2.05, 4.69) is 5.32 Å². The lowest BCUT2D eigenvalue weighted by Gasteiger charge is -2.19. The number of carbonyl (C=O) groups is 2. The lowest BCUT2D eigenvalue weighted by atomic mass is 10.0. The van der Waals surface area contributed by atoms with E-state index in [1.807, 2.05) is 56.3 Å². The SMILES string of the molecule is COC(=O)[C@H](CC(C)C)NC(=O)c1ccc(N)cc1C=Cc1ccccc1. The molecule has 0 aliphatic rings. The van der Waals surface area contributed by atoms with Crippen LogP contribution < -0.4 is 11.1 Å². The maximum Gasteiger partial charge on any atom is 0.328 e. The first-order chi connectivity index (χ1) is 12.9. The van der Waals surface area contributed by atoms with Gasteiger partial charge < -0.3 is 15.8 Å². The number of nitrogen functional groups attached to an aromatic ring is 1. The largest absolute Gasteiger partial charge is 0.467 e. The smallest absolute Gasteiger partial charge is 0.328 e. The molecule has 0 unspecified atom stereocenters. The molecular formula is C22H26N2O3. The van der Waals surface area contributed by atoms with E-state index in [9.17, 15) is 9.59 Å². The second kappa shape index (κ2) is 9.57. The van der Waals surface area contributed by atoms with Crippen LogP contribution in [0.1, 0.15) is 41.8 Å². The fourth-order valence-corrected chi connectivity index (χ4v) is 2.74. The van der Waals surface area contributed by atoms with Gasteiger partial charge in [0.15, 0.2) is 0 Å². The minimum atomic E-state index is -0.689. The van der Waals surface area contributed by atoms with E-state index < -0.39 is 12.0 Å². The number of hydrogen-bond acceptors (Lipinski definition) is 4. The van der Waals surface area contributed by atoms with Crippen molar-refractivity contribution >= 4 is 29.7 Å². The first kappa shape index (κ1) is 20.2. The molecule has 3 N–H and O–H groups in total. The number of benzene rings is 2. The second-order valence-electron chi connectivity index (χ2n) is 6.77. The molecule has 0 saturated carbocycles. The summed E-state index contributed by atoms with van der Waals surface area (Å²) in [5, 5.41) is 2.79. The first-order valence-electron chi connectivity index (χ1n) is 8.92. The lowest BCUT2D eigenvalue weighted by Crippen LogP contribution is -2.42. The highest BCUT2D eigenvalue weighted by atomic mass is 16.5. The monoisotopic (exact) mass is 366 g/mol. The Kier molecular flexibility index (Phi) is 7.17. The minimum Gasteiger partial charge on any atom is -0.467 e. The number of esters is 1. The van der Waals surface area contributed by atoms with E-state index in [-0.39, 0.29) is 11.8 Å². The van der Waals surface area contributed by atoms with Gasteiger partial charge in [0.05, 0.1) is 7.11 Å². The van der Waals surface area contributed by atoms with Gasteiger partial charge in [0, 0.05) is 11.3 Å². The summed E-state index contributed by atoms with van der Waals surface area (Å²) in [6.45, 7) is 3.97. The summed E-state index contributed by atoms with van der Waals surface area (Å²) >= 11 is 0. The Labute approximate surface area is 160 Å². The van der Waals surface area contributed by atoms with E-state index in [1.165, 1.54) is 7.11 Å². The van der Waals surface area contributed by atoms with E-state index >= 15 is 0 Å². The molecule has 1 atom stereocenters. The van der Waals surface area contributed by atoms with Crippen molar-refractivity contribution in [3.05, 3.63) is 65.2 Å². The van der Waals surface area contributed by atoms with Crippen LogP contribution in [0.4, 0.5) is 5.69 Å². The zero-order chi connectivity index (χ0) is 19.8. The highest BCUT2D eigenvalue weighted by Gasteiger charge is 2.24. The molecule has 5 nitrogen and oxygen atoms in total. The van der Waals surface area contributed by atoms with Crippen LogP contribution in [0.3, 0.4) is 0 Å². The molecule has 5 heteroatoms. The summed E-state index contributed by atoms with van der Waals surface area (Å²) in [4.78, 5) is 24.8. The van der Waals surface area contributed by atoms with Gasteiger partial charge >= 0.3 is 5.97 Å². The van der Waals surface area contributed by atoms with Gasteiger partial charge in [-0.15, -0.1) is 0 Å². The van der Waals surface area contributed by atoms with Crippen molar-refractivity contribution in [2.24, 2.45) is 5.92 Å². The van der Waals surface area contributed by atoms with Crippen molar-refractivity contribution < 1.29 is 14.3 Å². The van der Waals surface area contributed by atoms with E-state index in [0.717, 1.165) is 5.56 Å². The van der Waals surface area contributed by atoms with Crippen LogP contribution in [0.5, 0.6) is 0 Å². The van der Waals surface area contributed by atoms with Gasteiger partial charge in [0.2, 0.25) is 0 Å². The minimum absolute atomic E-state index is 0.235. The van der Waals surface area contributed by atoms with Crippen LogP contribution in [0, 0.1) is 5.92 Å². The topological polar surface area (TPSA) is 81.4 Å². The number of anilines is 1. The van der Waals surface area contributed by atoms with Gasteiger partial charge in [-0.2, -0.15) is 0 Å². The number of nitrogens with one attached hydrogen (secondary N) is 1. The molecule has 0 fully saturated rings. The van der Waals surface area contributed by atoms with Crippen LogP contribution in [0.2, 0.25) is 0 Å². The summed E-state index contributed by atoms with van der Waals surface area (Å²) in [5.41, 5.74) is 8.60. The standard InChI is InChI=1S/C22H26N2O3/c1-15(2)13-20(22(26)27-3)24-21(25)19-12-11-18(23)14-17(19)10-9-16-7-5-4-6-8-16/h4-12,14-15,20H,13,23H2,1-3H3,(H,24,25)/t20-/m0/s1.